The molecule has 0 N–H and O–H groups in total. The van der Waals surface area contributed by atoms with Gasteiger partial charge in [-0.15, -0.1) is 13.2 Å². The van der Waals surface area contributed by atoms with Crippen LogP contribution in [-0.2, 0) is 0 Å². The minimum Gasteiger partial charge on any atom is -0.406 e. The highest BCUT2D eigenvalue weighted by Crippen LogP contribution is 2.24. The average Bonchev–Trinajstić information content (AvgIpc) is 2.36. The van der Waals surface area contributed by atoms with Gasteiger partial charge in [0.1, 0.15) is 5.75 Å². The number of carbonyl (C=O) groups excluding carboxylic acids is 1. The third kappa shape index (κ3) is 3.57. The van der Waals surface area contributed by atoms with Crippen LogP contribution in [-0.4, -0.2) is 17.1 Å². The second kappa shape index (κ2) is 5.32. The first-order valence-corrected chi connectivity index (χ1v) is 5.67. The second-order valence-electron chi connectivity index (χ2n) is 4.16. The van der Waals surface area contributed by atoms with Crippen LogP contribution in [0.5, 0.6) is 5.75 Å². The Kier molecular flexibility index (Phi) is 3.74. The van der Waals surface area contributed by atoms with Gasteiger partial charge in [0.2, 0.25) is 0 Å². The van der Waals surface area contributed by atoms with Crippen molar-refractivity contribution in [2.24, 2.45) is 0 Å². The highest BCUT2D eigenvalue weighted by atomic mass is 19.4. The summed E-state index contributed by atoms with van der Waals surface area (Å²) in [5, 5.41) is 0. The van der Waals surface area contributed by atoms with Gasteiger partial charge in [0, 0.05) is 23.5 Å². The third-order valence-corrected chi connectivity index (χ3v) is 2.47. The fourth-order valence-electron chi connectivity index (χ4n) is 1.68. The normalized spacial score (nSPS) is 11.2. The third-order valence-electron chi connectivity index (χ3n) is 2.47. The van der Waals surface area contributed by atoms with E-state index in [1.54, 1.807) is 19.2 Å². The van der Waals surface area contributed by atoms with Crippen LogP contribution in [0, 0.1) is 6.92 Å². The maximum Gasteiger partial charge on any atom is 0.573 e. The number of nitrogens with zero attached hydrogens (tertiary/aromatic N) is 1. The molecule has 0 unspecified atom stereocenters. The van der Waals surface area contributed by atoms with Gasteiger partial charge >= 0.3 is 6.36 Å². The molecule has 0 radical (unpaired) electrons. The molecule has 6 heteroatoms. The Morgan fingerprint density at radius 1 is 1.15 bits per heavy atom. The molecular weight excluding hydrogens is 271 g/mol. The van der Waals surface area contributed by atoms with Crippen LogP contribution in [0.15, 0.2) is 42.7 Å². The first kappa shape index (κ1) is 14.0. The Balaban J connectivity index is 2.29. The molecule has 0 spiro atoms. The van der Waals surface area contributed by atoms with Crippen LogP contribution in [0.3, 0.4) is 0 Å². The van der Waals surface area contributed by atoms with Gasteiger partial charge in [-0.3, -0.25) is 9.78 Å². The zero-order valence-electron chi connectivity index (χ0n) is 10.4. The molecule has 0 aliphatic rings. The van der Waals surface area contributed by atoms with E-state index in [9.17, 15) is 18.0 Å². The molecule has 0 aliphatic carbocycles. The number of carbonyl (C=O) groups is 1. The number of ether oxygens (including phenoxy) is 1. The molecular formula is C14H10F3NO2. The fourth-order valence-corrected chi connectivity index (χ4v) is 1.68. The van der Waals surface area contributed by atoms with Gasteiger partial charge in [-0.25, -0.2) is 0 Å². The first-order chi connectivity index (χ1) is 9.35. The Morgan fingerprint density at radius 2 is 1.90 bits per heavy atom. The SMILES string of the molecule is Cc1cncc(C(=O)c2cccc(OC(F)(F)F)c2)c1. The van der Waals surface area contributed by atoms with Gasteiger partial charge in [0.05, 0.1) is 0 Å². The molecule has 104 valence electrons. The van der Waals surface area contributed by atoms with Gasteiger partial charge in [-0.1, -0.05) is 12.1 Å². The van der Waals surface area contributed by atoms with Crippen molar-refractivity contribution in [3.05, 3.63) is 59.4 Å². The number of aryl methyl sites for hydroxylation is 1. The van der Waals surface area contributed by atoms with Gasteiger partial charge < -0.3 is 4.74 Å². The zero-order valence-corrected chi connectivity index (χ0v) is 10.4. The van der Waals surface area contributed by atoms with E-state index in [4.69, 9.17) is 0 Å². The van der Waals surface area contributed by atoms with Crippen molar-refractivity contribution in [2.75, 3.05) is 0 Å². The lowest BCUT2D eigenvalue weighted by Crippen LogP contribution is -2.17. The van der Waals surface area contributed by atoms with E-state index >= 15 is 0 Å². The number of aromatic nitrogens is 1. The Hall–Kier alpha value is -2.37. The monoisotopic (exact) mass is 281 g/mol. The quantitative estimate of drug-likeness (QED) is 0.808. The van der Waals surface area contributed by atoms with Crippen LogP contribution >= 0.6 is 0 Å². The van der Waals surface area contributed by atoms with Crippen LogP contribution in [0.2, 0.25) is 0 Å². The number of benzene rings is 1. The summed E-state index contributed by atoms with van der Waals surface area (Å²) in [6, 6.07) is 6.56. The van der Waals surface area contributed by atoms with Gasteiger partial charge in [-0.05, 0) is 30.7 Å². The van der Waals surface area contributed by atoms with Crippen molar-refractivity contribution in [1.82, 2.24) is 4.98 Å². The number of hydrogen-bond donors (Lipinski definition) is 0. The van der Waals surface area contributed by atoms with Crippen LogP contribution in [0.1, 0.15) is 21.5 Å². The lowest BCUT2D eigenvalue weighted by atomic mass is 10.0. The molecule has 0 fully saturated rings. The Morgan fingerprint density at radius 3 is 2.55 bits per heavy atom. The lowest BCUT2D eigenvalue weighted by Gasteiger charge is -2.09. The van der Waals surface area contributed by atoms with Gasteiger partial charge in [0.15, 0.2) is 5.78 Å². The number of hydrogen-bond acceptors (Lipinski definition) is 3. The van der Waals surface area contributed by atoms with E-state index in [0.717, 1.165) is 17.7 Å². The minimum atomic E-state index is -4.79. The maximum absolute atomic E-state index is 12.1. The molecule has 2 aromatic rings. The number of alkyl halides is 3. The number of halogens is 3. The molecule has 0 bridgehead atoms. The largest absolute Gasteiger partial charge is 0.573 e. The molecule has 20 heavy (non-hydrogen) atoms. The molecule has 1 heterocycles. The highest BCUT2D eigenvalue weighted by Gasteiger charge is 2.31. The lowest BCUT2D eigenvalue weighted by molar-refractivity contribution is -0.274. The number of ketones is 1. The highest BCUT2D eigenvalue weighted by molar-refractivity contribution is 6.09. The average molecular weight is 281 g/mol. The molecule has 0 saturated carbocycles. The molecule has 1 aromatic carbocycles. The van der Waals surface area contributed by atoms with E-state index in [0.29, 0.717) is 5.56 Å². The van der Waals surface area contributed by atoms with E-state index in [1.165, 1.54) is 18.3 Å². The first-order valence-electron chi connectivity index (χ1n) is 5.67. The predicted molar refractivity (Wildman–Crippen MR) is 65.5 cm³/mol. The number of pyridine rings is 1. The van der Waals surface area contributed by atoms with Crippen molar-refractivity contribution >= 4 is 5.78 Å². The second-order valence-corrected chi connectivity index (χ2v) is 4.16. The topological polar surface area (TPSA) is 39.2 Å². The standard InChI is InChI=1S/C14H10F3NO2/c1-9-5-11(8-18-7-9)13(19)10-3-2-4-12(6-10)20-14(15,16)17/h2-8H,1H3. The van der Waals surface area contributed by atoms with Gasteiger partial charge in [0.25, 0.3) is 0 Å². The van der Waals surface area contributed by atoms with Crippen molar-refractivity contribution in [1.29, 1.82) is 0 Å². The summed E-state index contributed by atoms with van der Waals surface area (Å²) < 4.78 is 40.2. The van der Waals surface area contributed by atoms with E-state index in [-0.39, 0.29) is 5.56 Å². The van der Waals surface area contributed by atoms with Crippen molar-refractivity contribution in [3.8, 4) is 5.75 Å². The summed E-state index contributed by atoms with van der Waals surface area (Å²) >= 11 is 0. The summed E-state index contributed by atoms with van der Waals surface area (Å²) in [5.74, 6) is -0.835. The molecule has 0 saturated heterocycles. The zero-order chi connectivity index (χ0) is 14.8. The van der Waals surface area contributed by atoms with Crippen molar-refractivity contribution < 1.29 is 22.7 Å². The molecule has 0 atom stereocenters. The molecule has 3 nitrogen and oxygen atoms in total. The summed E-state index contributed by atoms with van der Waals surface area (Å²) in [6.45, 7) is 1.77. The summed E-state index contributed by atoms with van der Waals surface area (Å²) in [4.78, 5) is 16.0. The van der Waals surface area contributed by atoms with E-state index in [2.05, 4.69) is 9.72 Å². The van der Waals surface area contributed by atoms with Crippen LogP contribution in [0.25, 0.3) is 0 Å². The maximum atomic E-state index is 12.1. The van der Waals surface area contributed by atoms with Crippen LogP contribution in [0.4, 0.5) is 13.2 Å². The Bertz CT molecular complexity index is 638. The van der Waals surface area contributed by atoms with Crippen molar-refractivity contribution in [2.45, 2.75) is 13.3 Å². The molecule has 2 rings (SSSR count). The van der Waals surface area contributed by atoms with E-state index in [1.807, 2.05) is 0 Å². The predicted octanol–water partition coefficient (Wildman–Crippen LogP) is 3.52. The number of rotatable bonds is 3. The van der Waals surface area contributed by atoms with E-state index < -0.39 is 17.9 Å². The summed E-state index contributed by atoms with van der Waals surface area (Å²) in [7, 11) is 0. The van der Waals surface area contributed by atoms with Crippen molar-refractivity contribution in [3.63, 3.8) is 0 Å². The smallest absolute Gasteiger partial charge is 0.406 e. The summed E-state index contributed by atoms with van der Waals surface area (Å²) in [5.41, 5.74) is 1.21. The Labute approximate surface area is 113 Å². The molecule has 0 aliphatic heterocycles. The fraction of sp³-hybridized carbons (Fsp3) is 0.143. The molecule has 1 aromatic heterocycles. The summed E-state index contributed by atoms with van der Waals surface area (Å²) in [6.07, 6.45) is -1.83. The molecule has 0 amide bonds. The van der Waals surface area contributed by atoms with Crippen LogP contribution < -0.4 is 4.74 Å². The van der Waals surface area contributed by atoms with Gasteiger partial charge in [-0.2, -0.15) is 0 Å². The minimum absolute atomic E-state index is 0.110.